The third kappa shape index (κ3) is 18.9. The molecule has 0 aliphatic rings. The zero-order valence-electron chi connectivity index (χ0n) is 11.7. The molecule has 0 rings (SSSR count). The standard InChI is InChI=1S/C8H15NO2.C5H9NO2/c1-3-5-6-11-7-9-8(10)4-2;1-3-5(7)6-4-8-2/h4H,2-3,5-7H2,1H3,(H,9,10);3H,1,4H2,2H3,(H,6,7). The normalized spacial score (nSPS) is 8.74. The smallest absolute Gasteiger partial charge is 0.245 e. The second-order valence-corrected chi connectivity index (χ2v) is 3.33. The number of carbonyl (C=O) groups excluding carboxylic acids is 2. The average Bonchev–Trinajstić information content (AvgIpc) is 2.44. The summed E-state index contributed by atoms with van der Waals surface area (Å²) >= 11 is 0. The van der Waals surface area contributed by atoms with E-state index in [1.807, 2.05) is 0 Å². The molecule has 0 unspecified atom stereocenters. The van der Waals surface area contributed by atoms with Gasteiger partial charge in [-0.3, -0.25) is 9.59 Å². The van der Waals surface area contributed by atoms with Crippen molar-refractivity contribution in [2.24, 2.45) is 0 Å². The predicted octanol–water partition coefficient (Wildman–Crippen LogP) is 0.955. The summed E-state index contributed by atoms with van der Waals surface area (Å²) in [4.78, 5) is 20.8. The third-order valence-electron chi connectivity index (χ3n) is 1.75. The molecule has 0 atom stereocenters. The Bertz CT molecular complexity index is 267. The summed E-state index contributed by atoms with van der Waals surface area (Å²) in [6.45, 7) is 9.87. The molecule has 19 heavy (non-hydrogen) atoms. The first-order chi connectivity index (χ1) is 9.12. The summed E-state index contributed by atoms with van der Waals surface area (Å²) in [7, 11) is 1.50. The summed E-state index contributed by atoms with van der Waals surface area (Å²) in [6, 6.07) is 0. The molecule has 0 saturated heterocycles. The van der Waals surface area contributed by atoms with Crippen molar-refractivity contribution < 1.29 is 19.1 Å². The van der Waals surface area contributed by atoms with Crippen molar-refractivity contribution in [1.82, 2.24) is 10.6 Å². The Balaban J connectivity index is 0. The molecule has 0 aromatic carbocycles. The number of unbranched alkanes of at least 4 members (excludes halogenated alkanes) is 1. The molecule has 0 aliphatic heterocycles. The van der Waals surface area contributed by atoms with Gasteiger partial charge in [0.15, 0.2) is 0 Å². The fraction of sp³-hybridized carbons (Fsp3) is 0.538. The van der Waals surface area contributed by atoms with Gasteiger partial charge in [0.25, 0.3) is 0 Å². The van der Waals surface area contributed by atoms with Gasteiger partial charge in [0.1, 0.15) is 13.5 Å². The molecule has 2 amide bonds. The highest BCUT2D eigenvalue weighted by Crippen LogP contribution is 1.85. The fourth-order valence-corrected chi connectivity index (χ4v) is 0.728. The van der Waals surface area contributed by atoms with Crippen LogP contribution < -0.4 is 10.6 Å². The Hall–Kier alpha value is -1.66. The summed E-state index contributed by atoms with van der Waals surface area (Å²) in [5.41, 5.74) is 0. The van der Waals surface area contributed by atoms with E-state index in [-0.39, 0.29) is 25.3 Å². The Kier molecular flexibility index (Phi) is 16.9. The number of carbonyl (C=O) groups is 2. The Morgan fingerprint density at radius 1 is 1.11 bits per heavy atom. The molecule has 0 spiro atoms. The number of hydrogen-bond donors (Lipinski definition) is 2. The molecule has 6 heteroatoms. The van der Waals surface area contributed by atoms with Crippen LogP contribution >= 0.6 is 0 Å². The zero-order chi connectivity index (χ0) is 14.9. The first-order valence-corrected chi connectivity index (χ1v) is 5.99. The Labute approximate surface area is 114 Å². The third-order valence-corrected chi connectivity index (χ3v) is 1.75. The number of ether oxygens (including phenoxy) is 2. The van der Waals surface area contributed by atoms with Gasteiger partial charge < -0.3 is 20.1 Å². The molecular formula is C13H24N2O4. The molecule has 0 aromatic heterocycles. The quantitative estimate of drug-likeness (QED) is 0.372. The van der Waals surface area contributed by atoms with Crippen LogP contribution in [0.4, 0.5) is 0 Å². The monoisotopic (exact) mass is 272 g/mol. The van der Waals surface area contributed by atoms with Gasteiger partial charge in [-0.25, -0.2) is 0 Å². The van der Waals surface area contributed by atoms with E-state index < -0.39 is 0 Å². The summed E-state index contributed by atoms with van der Waals surface area (Å²) < 4.78 is 9.60. The summed E-state index contributed by atoms with van der Waals surface area (Å²) in [6.07, 6.45) is 4.56. The van der Waals surface area contributed by atoms with E-state index in [4.69, 9.17) is 4.74 Å². The minimum absolute atomic E-state index is 0.193. The lowest BCUT2D eigenvalue weighted by Gasteiger charge is -2.02. The molecule has 0 radical (unpaired) electrons. The van der Waals surface area contributed by atoms with Crippen molar-refractivity contribution in [3.8, 4) is 0 Å². The van der Waals surface area contributed by atoms with Gasteiger partial charge >= 0.3 is 0 Å². The second kappa shape index (κ2) is 16.3. The van der Waals surface area contributed by atoms with Crippen LogP contribution in [-0.4, -0.2) is 39.0 Å². The maximum Gasteiger partial charge on any atom is 0.245 e. The highest BCUT2D eigenvalue weighted by Gasteiger charge is 1.90. The maximum atomic E-state index is 10.5. The van der Waals surface area contributed by atoms with Crippen LogP contribution in [0.2, 0.25) is 0 Å². The predicted molar refractivity (Wildman–Crippen MR) is 74.3 cm³/mol. The second-order valence-electron chi connectivity index (χ2n) is 3.33. The van der Waals surface area contributed by atoms with Crippen molar-refractivity contribution in [2.45, 2.75) is 19.8 Å². The number of nitrogens with one attached hydrogen (secondary N) is 2. The summed E-state index contributed by atoms with van der Waals surface area (Å²) in [5, 5.41) is 4.91. The van der Waals surface area contributed by atoms with Gasteiger partial charge in [-0.15, -0.1) is 0 Å². The molecule has 0 saturated carbocycles. The highest BCUT2D eigenvalue weighted by molar-refractivity contribution is 5.86. The van der Waals surface area contributed by atoms with Gasteiger partial charge in [-0.2, -0.15) is 0 Å². The number of hydrogen-bond acceptors (Lipinski definition) is 4. The summed E-state index contributed by atoms with van der Waals surface area (Å²) in [5.74, 6) is -0.409. The van der Waals surface area contributed by atoms with Crippen LogP contribution in [0.3, 0.4) is 0 Å². The molecule has 0 heterocycles. The maximum absolute atomic E-state index is 10.5. The number of rotatable bonds is 9. The van der Waals surface area contributed by atoms with Gasteiger partial charge in [-0.05, 0) is 18.6 Å². The van der Waals surface area contributed by atoms with E-state index >= 15 is 0 Å². The van der Waals surface area contributed by atoms with Crippen LogP contribution in [0.15, 0.2) is 25.3 Å². The van der Waals surface area contributed by atoms with Crippen molar-refractivity contribution in [1.29, 1.82) is 0 Å². The first kappa shape index (κ1) is 19.7. The molecule has 0 bridgehead atoms. The molecule has 0 aliphatic carbocycles. The van der Waals surface area contributed by atoms with Crippen molar-refractivity contribution >= 4 is 11.8 Å². The largest absolute Gasteiger partial charge is 0.364 e. The molecule has 2 N–H and O–H groups in total. The Morgan fingerprint density at radius 2 is 1.63 bits per heavy atom. The van der Waals surface area contributed by atoms with E-state index in [9.17, 15) is 9.59 Å². The SMILES string of the molecule is C=CC(=O)NCOC.C=CC(=O)NCOCCCC. The van der Waals surface area contributed by atoms with Crippen LogP contribution in [0.25, 0.3) is 0 Å². The molecule has 110 valence electrons. The zero-order valence-corrected chi connectivity index (χ0v) is 11.7. The molecule has 0 fully saturated rings. The van der Waals surface area contributed by atoms with Gasteiger partial charge in [0, 0.05) is 13.7 Å². The van der Waals surface area contributed by atoms with Crippen molar-refractivity contribution in [3.63, 3.8) is 0 Å². The number of methoxy groups -OCH3 is 1. The van der Waals surface area contributed by atoms with E-state index in [1.165, 1.54) is 19.3 Å². The van der Waals surface area contributed by atoms with Crippen LogP contribution in [0, 0.1) is 0 Å². The van der Waals surface area contributed by atoms with E-state index in [0.717, 1.165) is 12.8 Å². The average molecular weight is 272 g/mol. The fourth-order valence-electron chi connectivity index (χ4n) is 0.728. The molecule has 6 nitrogen and oxygen atoms in total. The van der Waals surface area contributed by atoms with Crippen LogP contribution in [0.1, 0.15) is 19.8 Å². The van der Waals surface area contributed by atoms with E-state index in [1.54, 1.807) is 0 Å². The first-order valence-electron chi connectivity index (χ1n) is 5.99. The minimum Gasteiger partial charge on any atom is -0.364 e. The van der Waals surface area contributed by atoms with E-state index in [0.29, 0.717) is 6.61 Å². The van der Waals surface area contributed by atoms with Crippen LogP contribution in [0.5, 0.6) is 0 Å². The Morgan fingerprint density at radius 3 is 2.05 bits per heavy atom. The van der Waals surface area contributed by atoms with Gasteiger partial charge in [0.05, 0.1) is 0 Å². The highest BCUT2D eigenvalue weighted by atomic mass is 16.5. The van der Waals surface area contributed by atoms with Crippen molar-refractivity contribution in [3.05, 3.63) is 25.3 Å². The van der Waals surface area contributed by atoms with Crippen LogP contribution in [-0.2, 0) is 19.1 Å². The minimum atomic E-state index is -0.216. The lowest BCUT2D eigenvalue weighted by molar-refractivity contribution is -0.118. The number of amides is 2. The lowest BCUT2D eigenvalue weighted by atomic mass is 10.4. The molecule has 0 aromatic rings. The topological polar surface area (TPSA) is 76.7 Å². The van der Waals surface area contributed by atoms with Gasteiger partial charge in [0.2, 0.25) is 11.8 Å². The van der Waals surface area contributed by atoms with Gasteiger partial charge in [-0.1, -0.05) is 26.5 Å². The lowest BCUT2D eigenvalue weighted by Crippen LogP contribution is -2.23. The van der Waals surface area contributed by atoms with E-state index in [2.05, 4.69) is 35.5 Å². The molecular weight excluding hydrogens is 248 g/mol. The van der Waals surface area contributed by atoms with Crippen molar-refractivity contribution in [2.75, 3.05) is 27.2 Å².